The summed E-state index contributed by atoms with van der Waals surface area (Å²) in [5.74, 6) is 0.288. The second kappa shape index (κ2) is 9.66. The number of ether oxygens (including phenoxy) is 1. The molecule has 0 spiro atoms. The van der Waals surface area contributed by atoms with Gasteiger partial charge in [0.2, 0.25) is 10.0 Å². The van der Waals surface area contributed by atoms with Crippen LogP contribution in [0.25, 0.3) is 16.5 Å². The highest BCUT2D eigenvalue weighted by atomic mass is 32.2. The number of piperazine rings is 1. The predicted octanol–water partition coefficient (Wildman–Crippen LogP) is 3.18. The second-order valence-corrected chi connectivity index (χ2v) is 9.74. The lowest BCUT2D eigenvalue weighted by atomic mass is 10.1. The Labute approximate surface area is 187 Å². The molecule has 0 atom stereocenters. The molecule has 8 nitrogen and oxygen atoms in total. The number of allylic oxidation sites excluding steroid dienone is 3. The van der Waals surface area contributed by atoms with E-state index in [1.54, 1.807) is 24.4 Å². The standard InChI is InChI=1S/C22H28FN5O3S/c1-6-7-24-21(27-8-10-28(11-9-27)32(5,29)30)12-16(4)22-17-13-20(31-15(2)3)18(23)14-19(17)25-26-22/h6-7,12-15H,1,4,8-11H2,2-3,5H3,(H,25,26)/b21-12+,24-7?. The highest BCUT2D eigenvalue weighted by Gasteiger charge is 2.24. The Bertz CT molecular complexity index is 1180. The van der Waals surface area contributed by atoms with Gasteiger partial charge < -0.3 is 9.64 Å². The molecule has 0 radical (unpaired) electrons. The number of halogens is 1. The first-order valence-electron chi connectivity index (χ1n) is 10.2. The third-order valence-corrected chi connectivity index (χ3v) is 6.23. The maximum absolute atomic E-state index is 14.3. The van der Waals surface area contributed by atoms with Crippen molar-refractivity contribution < 1.29 is 17.5 Å². The zero-order valence-electron chi connectivity index (χ0n) is 18.5. The lowest BCUT2D eigenvalue weighted by Gasteiger charge is -2.34. The van der Waals surface area contributed by atoms with Crippen LogP contribution < -0.4 is 4.74 Å². The molecule has 172 valence electrons. The van der Waals surface area contributed by atoms with Gasteiger partial charge in [-0.25, -0.2) is 17.8 Å². The number of aromatic nitrogens is 2. The molecule has 2 heterocycles. The van der Waals surface area contributed by atoms with Gasteiger partial charge in [-0.1, -0.05) is 19.2 Å². The summed E-state index contributed by atoms with van der Waals surface area (Å²) in [6, 6.07) is 2.96. The summed E-state index contributed by atoms with van der Waals surface area (Å²) < 4.78 is 44.9. The van der Waals surface area contributed by atoms with Crippen molar-refractivity contribution in [2.45, 2.75) is 20.0 Å². The summed E-state index contributed by atoms with van der Waals surface area (Å²) in [4.78, 5) is 6.43. The number of sulfonamides is 1. The van der Waals surface area contributed by atoms with Crippen molar-refractivity contribution in [2.24, 2.45) is 4.99 Å². The Morgan fingerprint density at radius 2 is 2.00 bits per heavy atom. The normalized spacial score (nSPS) is 16.3. The summed E-state index contributed by atoms with van der Waals surface area (Å²) in [5, 5.41) is 7.82. The van der Waals surface area contributed by atoms with Gasteiger partial charge in [-0.3, -0.25) is 5.10 Å². The molecule has 1 aliphatic rings. The van der Waals surface area contributed by atoms with Crippen LogP contribution in [-0.2, 0) is 10.0 Å². The molecule has 0 bridgehead atoms. The zero-order chi connectivity index (χ0) is 23.5. The van der Waals surface area contributed by atoms with Gasteiger partial charge in [0.15, 0.2) is 11.6 Å². The molecule has 1 fully saturated rings. The average molecular weight is 462 g/mol. The molecule has 1 aromatic carbocycles. The number of nitrogens with zero attached hydrogens (tertiary/aromatic N) is 4. The van der Waals surface area contributed by atoms with Crippen LogP contribution in [0.4, 0.5) is 4.39 Å². The lowest BCUT2D eigenvalue weighted by molar-refractivity contribution is 0.228. The van der Waals surface area contributed by atoms with Crippen LogP contribution in [0.3, 0.4) is 0 Å². The third-order valence-electron chi connectivity index (χ3n) is 4.93. The molecule has 10 heteroatoms. The molecule has 3 rings (SSSR count). The number of rotatable bonds is 8. The van der Waals surface area contributed by atoms with Crippen LogP contribution in [0, 0.1) is 5.82 Å². The van der Waals surface area contributed by atoms with Gasteiger partial charge >= 0.3 is 0 Å². The minimum Gasteiger partial charge on any atom is -0.488 e. The summed E-state index contributed by atoms with van der Waals surface area (Å²) in [7, 11) is -3.23. The molecule has 0 saturated carbocycles. The molecule has 1 aliphatic heterocycles. The highest BCUT2D eigenvalue weighted by Crippen LogP contribution is 2.30. The first-order valence-corrected chi connectivity index (χ1v) is 12.1. The second-order valence-electron chi connectivity index (χ2n) is 7.76. The molecule has 2 aromatic rings. The topological polar surface area (TPSA) is 90.9 Å². The molecule has 0 amide bonds. The van der Waals surface area contributed by atoms with E-state index in [0.29, 0.717) is 54.2 Å². The van der Waals surface area contributed by atoms with Crippen LogP contribution in [0.1, 0.15) is 19.5 Å². The Hall–Kier alpha value is -2.98. The Morgan fingerprint density at radius 1 is 1.31 bits per heavy atom. The minimum absolute atomic E-state index is 0.147. The van der Waals surface area contributed by atoms with E-state index >= 15 is 0 Å². The van der Waals surface area contributed by atoms with Crippen molar-refractivity contribution >= 4 is 32.7 Å². The summed E-state index contributed by atoms with van der Waals surface area (Å²) in [6.07, 6.45) is 5.93. The van der Waals surface area contributed by atoms with Crippen molar-refractivity contribution in [3.8, 4) is 5.75 Å². The molecule has 0 aliphatic carbocycles. The predicted molar refractivity (Wildman–Crippen MR) is 126 cm³/mol. The fourth-order valence-corrected chi connectivity index (χ4v) is 4.25. The molecule has 1 saturated heterocycles. The maximum Gasteiger partial charge on any atom is 0.211 e. The van der Waals surface area contributed by atoms with E-state index < -0.39 is 15.8 Å². The van der Waals surface area contributed by atoms with E-state index in [-0.39, 0.29) is 11.9 Å². The van der Waals surface area contributed by atoms with Gasteiger partial charge in [-0.2, -0.15) is 9.40 Å². The zero-order valence-corrected chi connectivity index (χ0v) is 19.3. The van der Waals surface area contributed by atoms with Crippen molar-refractivity contribution in [2.75, 3.05) is 32.4 Å². The largest absolute Gasteiger partial charge is 0.488 e. The number of aromatic amines is 1. The van der Waals surface area contributed by atoms with Gasteiger partial charge in [-0.05, 0) is 31.6 Å². The molecule has 1 aromatic heterocycles. The summed E-state index contributed by atoms with van der Waals surface area (Å²) >= 11 is 0. The Kier molecular flexibility index (Phi) is 7.15. The quantitative estimate of drug-likeness (QED) is 0.482. The minimum atomic E-state index is -3.23. The van der Waals surface area contributed by atoms with Crippen molar-refractivity contribution in [3.05, 3.63) is 54.8 Å². The summed E-state index contributed by atoms with van der Waals surface area (Å²) in [5.41, 5.74) is 1.65. The van der Waals surface area contributed by atoms with E-state index in [0.717, 1.165) is 0 Å². The van der Waals surface area contributed by atoms with Crippen molar-refractivity contribution in [3.63, 3.8) is 0 Å². The SMILES string of the molecule is C=CC=N/C(=C\C(=C)c1n[nH]c2cc(F)c(OC(C)C)cc12)N1CCN(S(C)(=O)=O)CC1. The molecular weight excluding hydrogens is 433 g/mol. The highest BCUT2D eigenvalue weighted by molar-refractivity contribution is 7.88. The van der Waals surface area contributed by atoms with Crippen LogP contribution in [0.15, 0.2) is 48.3 Å². The van der Waals surface area contributed by atoms with E-state index in [1.165, 1.54) is 16.6 Å². The summed E-state index contributed by atoms with van der Waals surface area (Å²) in [6.45, 7) is 13.2. The van der Waals surface area contributed by atoms with E-state index in [9.17, 15) is 12.8 Å². The van der Waals surface area contributed by atoms with Gasteiger partial charge in [-0.15, -0.1) is 0 Å². The van der Waals surface area contributed by atoms with E-state index in [2.05, 4.69) is 28.3 Å². The van der Waals surface area contributed by atoms with Crippen LogP contribution in [0.5, 0.6) is 5.75 Å². The number of hydrogen-bond donors (Lipinski definition) is 1. The van der Waals surface area contributed by atoms with E-state index in [4.69, 9.17) is 4.74 Å². The number of fused-ring (bicyclic) bond motifs is 1. The smallest absolute Gasteiger partial charge is 0.211 e. The lowest BCUT2D eigenvalue weighted by Crippen LogP contribution is -2.47. The van der Waals surface area contributed by atoms with Crippen molar-refractivity contribution in [1.82, 2.24) is 19.4 Å². The van der Waals surface area contributed by atoms with Crippen LogP contribution in [-0.4, -0.2) is 72.6 Å². The van der Waals surface area contributed by atoms with Crippen molar-refractivity contribution in [1.29, 1.82) is 0 Å². The average Bonchev–Trinajstić information content (AvgIpc) is 3.13. The first kappa shape index (κ1) is 23.7. The van der Waals surface area contributed by atoms with Gasteiger partial charge in [0, 0.05) is 43.8 Å². The fourth-order valence-electron chi connectivity index (χ4n) is 3.42. The monoisotopic (exact) mass is 461 g/mol. The molecular formula is C22H28FN5O3S. The number of hydrogen-bond acceptors (Lipinski definition) is 6. The van der Waals surface area contributed by atoms with E-state index in [1.807, 2.05) is 18.7 Å². The number of benzene rings is 1. The number of aliphatic imine (C=N–C) groups is 1. The van der Waals surface area contributed by atoms with Crippen LogP contribution >= 0.6 is 0 Å². The molecule has 32 heavy (non-hydrogen) atoms. The Morgan fingerprint density at radius 3 is 2.59 bits per heavy atom. The number of H-pyrrole nitrogens is 1. The number of nitrogens with one attached hydrogen (secondary N) is 1. The third kappa shape index (κ3) is 5.43. The van der Waals surface area contributed by atoms with Gasteiger partial charge in [0.05, 0.1) is 23.6 Å². The van der Waals surface area contributed by atoms with Crippen LogP contribution in [0.2, 0.25) is 0 Å². The van der Waals surface area contributed by atoms with Gasteiger partial charge in [0.1, 0.15) is 5.82 Å². The maximum atomic E-state index is 14.3. The van der Waals surface area contributed by atoms with Gasteiger partial charge in [0.25, 0.3) is 0 Å². The molecule has 0 unspecified atom stereocenters. The fraction of sp³-hybridized carbons (Fsp3) is 0.364. The Balaban J connectivity index is 1.91. The molecule has 1 N–H and O–H groups in total. The first-order chi connectivity index (χ1) is 15.1.